The van der Waals surface area contributed by atoms with Gasteiger partial charge in [0.25, 0.3) is 0 Å². The predicted molar refractivity (Wildman–Crippen MR) is 132 cm³/mol. The molecule has 0 aliphatic heterocycles. The first-order valence-electron chi connectivity index (χ1n) is 12.4. The molecule has 0 bridgehead atoms. The van der Waals surface area contributed by atoms with Gasteiger partial charge in [-0.05, 0) is 6.42 Å². The van der Waals surface area contributed by atoms with Gasteiger partial charge in [-0.15, -0.1) is 0 Å². The summed E-state index contributed by atoms with van der Waals surface area (Å²) in [6, 6.07) is 0. The number of amides is 2. The van der Waals surface area contributed by atoms with E-state index in [-0.39, 0.29) is 51.9 Å². The third-order valence-corrected chi connectivity index (χ3v) is 4.86. The van der Waals surface area contributed by atoms with Gasteiger partial charge < -0.3 is 29.6 Å². The van der Waals surface area contributed by atoms with E-state index in [2.05, 4.69) is 10.6 Å². The summed E-state index contributed by atoms with van der Waals surface area (Å²) in [6.07, 6.45) is 0.955. The Morgan fingerprint density at radius 3 is 1.44 bits per heavy atom. The summed E-state index contributed by atoms with van der Waals surface area (Å²) in [7, 11) is 0. The summed E-state index contributed by atoms with van der Waals surface area (Å²) in [4.78, 5) is 60.2. The first kappa shape index (κ1) is 33.3. The van der Waals surface area contributed by atoms with Gasteiger partial charge in [0.1, 0.15) is 26.4 Å². The maximum absolute atomic E-state index is 12.2. The molecule has 2 amide bonds. The van der Waals surface area contributed by atoms with Gasteiger partial charge in [-0.1, -0.05) is 48.5 Å². The monoisotopic (exact) mass is 516 g/mol. The van der Waals surface area contributed by atoms with Gasteiger partial charge >= 0.3 is 17.9 Å². The van der Waals surface area contributed by atoms with Gasteiger partial charge in [0, 0.05) is 19.5 Å². The van der Waals surface area contributed by atoms with Crippen molar-refractivity contribution >= 4 is 29.7 Å². The highest BCUT2D eigenvalue weighted by Crippen LogP contribution is 2.23. The zero-order valence-electron chi connectivity index (χ0n) is 22.8. The van der Waals surface area contributed by atoms with Crippen LogP contribution in [0.25, 0.3) is 0 Å². The summed E-state index contributed by atoms with van der Waals surface area (Å²) in [5.41, 5.74) is -1.22. The van der Waals surface area contributed by atoms with Crippen LogP contribution in [0.2, 0.25) is 0 Å². The maximum atomic E-state index is 12.2. The number of hydrogen-bond acceptors (Lipinski definition) is 9. The minimum Gasteiger partial charge on any atom is -0.465 e. The van der Waals surface area contributed by atoms with Crippen LogP contribution in [0.4, 0.5) is 0 Å². The summed E-state index contributed by atoms with van der Waals surface area (Å²) in [5, 5.41) is 5.31. The molecule has 0 saturated heterocycles. The van der Waals surface area contributed by atoms with Crippen molar-refractivity contribution in [1.82, 2.24) is 10.6 Å². The molecule has 0 aromatic carbocycles. The minimum absolute atomic E-state index is 0.136. The van der Waals surface area contributed by atoms with Gasteiger partial charge in [-0.25, -0.2) is 0 Å². The van der Waals surface area contributed by atoms with E-state index in [0.717, 1.165) is 6.42 Å². The van der Waals surface area contributed by atoms with Gasteiger partial charge in [0.15, 0.2) is 0 Å². The molecule has 0 aromatic rings. The number of carbonyl (C=O) groups excluding carboxylic acids is 5. The Kier molecular flexibility index (Phi) is 16.4. The molecule has 0 heterocycles. The Bertz CT molecular complexity index is 661. The number of rotatable bonds is 18. The molecule has 0 rings (SSSR count). The van der Waals surface area contributed by atoms with Crippen molar-refractivity contribution < 1.29 is 42.9 Å². The van der Waals surface area contributed by atoms with Gasteiger partial charge in [-0.2, -0.15) is 0 Å². The van der Waals surface area contributed by atoms with Crippen LogP contribution in [-0.2, 0) is 42.9 Å². The van der Waals surface area contributed by atoms with Gasteiger partial charge in [0.05, 0.1) is 29.8 Å². The molecule has 36 heavy (non-hydrogen) atoms. The second-order valence-electron chi connectivity index (χ2n) is 9.73. The molecule has 11 heteroatoms. The van der Waals surface area contributed by atoms with E-state index >= 15 is 0 Å². The van der Waals surface area contributed by atoms with E-state index in [1.165, 1.54) is 0 Å². The van der Waals surface area contributed by atoms with Crippen LogP contribution in [0, 0.1) is 23.2 Å². The molecular weight excluding hydrogens is 472 g/mol. The molecule has 0 aliphatic rings. The quantitative estimate of drug-likeness (QED) is 0.205. The lowest BCUT2D eigenvalue weighted by Crippen LogP contribution is -2.45. The average Bonchev–Trinajstić information content (AvgIpc) is 2.82. The zero-order valence-corrected chi connectivity index (χ0v) is 22.8. The van der Waals surface area contributed by atoms with Crippen LogP contribution < -0.4 is 10.6 Å². The fourth-order valence-electron chi connectivity index (χ4n) is 2.50. The third-order valence-electron chi connectivity index (χ3n) is 4.86. The highest BCUT2D eigenvalue weighted by Gasteiger charge is 2.37. The Hall–Kier alpha value is -2.69. The zero-order chi connectivity index (χ0) is 27.7. The first-order chi connectivity index (χ1) is 16.8. The number of hydrogen-bond donors (Lipinski definition) is 2. The van der Waals surface area contributed by atoms with Crippen molar-refractivity contribution in [3.63, 3.8) is 0 Å². The van der Waals surface area contributed by atoms with E-state index in [0.29, 0.717) is 6.54 Å². The second-order valence-corrected chi connectivity index (χ2v) is 9.73. The molecule has 0 spiro atoms. The topological polar surface area (TPSA) is 146 Å². The largest absolute Gasteiger partial charge is 0.465 e. The average molecular weight is 517 g/mol. The predicted octanol–water partition coefficient (Wildman–Crippen LogP) is 1.62. The van der Waals surface area contributed by atoms with E-state index in [1.807, 2.05) is 6.92 Å². The van der Waals surface area contributed by atoms with Crippen molar-refractivity contribution in [1.29, 1.82) is 0 Å². The van der Waals surface area contributed by atoms with Crippen LogP contribution in [0.1, 0.15) is 61.3 Å². The Morgan fingerprint density at radius 2 is 1.06 bits per heavy atom. The molecule has 2 N–H and O–H groups in total. The van der Waals surface area contributed by atoms with Crippen molar-refractivity contribution in [2.75, 3.05) is 46.1 Å². The number of carbonyl (C=O) groups is 5. The Balaban J connectivity index is 5.27. The standard InChI is InChI=1S/C25H44N2O9/c1-8-10-26-20(28)9-11-27-21(29)12-33-13-25(14-34-22(30)17(2)3,15-35-23(31)18(4)5)16-36-24(32)19(6)7/h17-19H,8-16H2,1-7H3,(H,26,28)(H,27,29). The third kappa shape index (κ3) is 14.7. The lowest BCUT2D eigenvalue weighted by Gasteiger charge is -2.32. The van der Waals surface area contributed by atoms with E-state index in [4.69, 9.17) is 18.9 Å². The molecule has 0 fully saturated rings. The Morgan fingerprint density at radius 1 is 0.639 bits per heavy atom. The van der Waals surface area contributed by atoms with E-state index in [9.17, 15) is 24.0 Å². The molecule has 0 radical (unpaired) electrons. The van der Waals surface area contributed by atoms with Crippen molar-refractivity contribution in [3.05, 3.63) is 0 Å². The molecule has 0 saturated carbocycles. The smallest absolute Gasteiger partial charge is 0.308 e. The Labute approximate surface area is 214 Å². The second kappa shape index (κ2) is 17.7. The van der Waals surface area contributed by atoms with Crippen molar-refractivity contribution in [2.45, 2.75) is 61.3 Å². The van der Waals surface area contributed by atoms with Crippen LogP contribution in [0.5, 0.6) is 0 Å². The van der Waals surface area contributed by atoms with E-state index < -0.39 is 47.0 Å². The number of ether oxygens (including phenoxy) is 4. The summed E-state index contributed by atoms with van der Waals surface area (Å²) >= 11 is 0. The van der Waals surface area contributed by atoms with Crippen LogP contribution in [-0.4, -0.2) is 75.8 Å². The molecule has 0 unspecified atom stereocenters. The lowest BCUT2D eigenvalue weighted by molar-refractivity contribution is -0.172. The van der Waals surface area contributed by atoms with E-state index in [1.54, 1.807) is 41.5 Å². The molecule has 0 aromatic heterocycles. The SMILES string of the molecule is CCCNC(=O)CCNC(=O)COCC(COC(=O)C(C)C)(COC(=O)C(C)C)COC(=O)C(C)C. The number of nitrogens with one attached hydrogen (secondary N) is 2. The van der Waals surface area contributed by atoms with Crippen molar-refractivity contribution in [3.8, 4) is 0 Å². The molecular formula is C25H44N2O9. The highest BCUT2D eigenvalue weighted by atomic mass is 16.6. The highest BCUT2D eigenvalue weighted by molar-refractivity contribution is 5.79. The minimum atomic E-state index is -1.22. The fourth-order valence-corrected chi connectivity index (χ4v) is 2.50. The van der Waals surface area contributed by atoms with Gasteiger partial charge in [0.2, 0.25) is 11.8 Å². The lowest BCUT2D eigenvalue weighted by atomic mass is 9.92. The molecule has 11 nitrogen and oxygen atoms in total. The van der Waals surface area contributed by atoms with Crippen LogP contribution in [0.3, 0.4) is 0 Å². The first-order valence-corrected chi connectivity index (χ1v) is 12.4. The van der Waals surface area contributed by atoms with Crippen LogP contribution >= 0.6 is 0 Å². The summed E-state index contributed by atoms with van der Waals surface area (Å²) in [5.74, 6) is -3.27. The van der Waals surface area contributed by atoms with Crippen LogP contribution in [0.15, 0.2) is 0 Å². The maximum Gasteiger partial charge on any atom is 0.308 e. The summed E-state index contributed by atoms with van der Waals surface area (Å²) in [6.45, 7) is 11.4. The normalized spacial score (nSPS) is 11.4. The molecule has 0 aliphatic carbocycles. The van der Waals surface area contributed by atoms with Crippen molar-refractivity contribution in [2.24, 2.45) is 23.2 Å². The fraction of sp³-hybridized carbons (Fsp3) is 0.800. The molecule has 0 atom stereocenters. The number of esters is 3. The van der Waals surface area contributed by atoms with Gasteiger partial charge in [-0.3, -0.25) is 24.0 Å². The summed E-state index contributed by atoms with van der Waals surface area (Å²) < 4.78 is 21.7. The molecule has 208 valence electrons.